The molecule has 0 saturated heterocycles. The fourth-order valence-corrected chi connectivity index (χ4v) is 3.89. The van der Waals surface area contributed by atoms with Crippen LogP contribution >= 0.6 is 0 Å². The third-order valence-corrected chi connectivity index (χ3v) is 5.46. The van der Waals surface area contributed by atoms with Crippen LogP contribution in [0.2, 0.25) is 0 Å². The van der Waals surface area contributed by atoms with E-state index < -0.39 is 24.1 Å². The minimum Gasteiger partial charge on any atom is -0.497 e. The Morgan fingerprint density at radius 3 is 2.03 bits per heavy atom. The highest BCUT2D eigenvalue weighted by atomic mass is 16.7. The zero-order chi connectivity index (χ0) is 25.5. The monoisotopic (exact) mass is 479 g/mol. The Morgan fingerprint density at radius 2 is 1.51 bits per heavy atom. The number of benzene rings is 3. The van der Waals surface area contributed by atoms with Gasteiger partial charge in [-0.1, -0.05) is 30.3 Å². The van der Waals surface area contributed by atoms with Crippen molar-refractivity contribution in [2.24, 2.45) is 0 Å². The Hall–Kier alpha value is -4.37. The summed E-state index contributed by atoms with van der Waals surface area (Å²) in [6.45, 7) is 1.81. The summed E-state index contributed by atoms with van der Waals surface area (Å²) in [5.74, 6) is -1.28. The van der Waals surface area contributed by atoms with E-state index in [1.165, 1.54) is 24.3 Å². The molecule has 3 N–H and O–H groups in total. The van der Waals surface area contributed by atoms with Crippen molar-refractivity contribution in [3.8, 4) is 11.5 Å². The van der Waals surface area contributed by atoms with Crippen LogP contribution in [-0.4, -0.2) is 52.0 Å². The minimum atomic E-state index is -1.43. The molecule has 0 aliphatic carbocycles. The Bertz CT molecular complexity index is 1210. The standard InChI is InChI=1S/C26H25NO8/c1-16-13-21(34-2)11-12-22(16)24(18-7-9-20(10-8-18)35-26(32)33)27(15-23(28)29)14-17-3-5-19(6-4-17)25(30)31/h3-13,24H,14-15H2,1-2H3,(H,28,29)(H,30,31)(H,32,33). The van der Waals surface area contributed by atoms with Crippen molar-refractivity contribution in [1.82, 2.24) is 4.90 Å². The quantitative estimate of drug-likeness (QED) is 0.285. The smallest absolute Gasteiger partial charge is 0.497 e. The van der Waals surface area contributed by atoms with E-state index in [0.717, 1.165) is 22.3 Å². The summed E-state index contributed by atoms with van der Waals surface area (Å²) in [7, 11) is 1.56. The highest BCUT2D eigenvalue weighted by molar-refractivity contribution is 5.87. The number of carboxylic acid groups (broad SMARTS) is 3. The Morgan fingerprint density at radius 1 is 0.886 bits per heavy atom. The third-order valence-electron chi connectivity index (χ3n) is 5.46. The first-order valence-electron chi connectivity index (χ1n) is 10.6. The number of aliphatic carboxylic acids is 1. The van der Waals surface area contributed by atoms with Crippen molar-refractivity contribution in [2.75, 3.05) is 13.7 Å². The summed E-state index contributed by atoms with van der Waals surface area (Å²) >= 11 is 0. The third kappa shape index (κ3) is 6.58. The fourth-order valence-electron chi connectivity index (χ4n) is 3.89. The fraction of sp³-hybridized carbons (Fsp3) is 0.192. The molecule has 0 aliphatic rings. The molecule has 35 heavy (non-hydrogen) atoms. The molecule has 0 spiro atoms. The number of rotatable bonds is 10. The van der Waals surface area contributed by atoms with Crippen molar-refractivity contribution < 1.29 is 39.2 Å². The summed E-state index contributed by atoms with van der Waals surface area (Å²) in [6, 6.07) is 17.6. The van der Waals surface area contributed by atoms with Gasteiger partial charge in [-0.3, -0.25) is 9.69 Å². The highest BCUT2D eigenvalue weighted by Gasteiger charge is 2.26. The van der Waals surface area contributed by atoms with Gasteiger partial charge in [0, 0.05) is 6.54 Å². The number of methoxy groups -OCH3 is 1. The lowest BCUT2D eigenvalue weighted by Crippen LogP contribution is -2.34. The van der Waals surface area contributed by atoms with E-state index in [9.17, 15) is 19.5 Å². The molecule has 3 rings (SSSR count). The molecule has 0 aromatic heterocycles. The molecular weight excluding hydrogens is 454 g/mol. The van der Waals surface area contributed by atoms with Gasteiger partial charge in [-0.25, -0.2) is 9.59 Å². The first-order valence-corrected chi connectivity index (χ1v) is 10.6. The summed E-state index contributed by atoms with van der Waals surface area (Å²) in [4.78, 5) is 35.7. The second-order valence-corrected chi connectivity index (χ2v) is 7.86. The van der Waals surface area contributed by atoms with Crippen molar-refractivity contribution in [1.29, 1.82) is 0 Å². The lowest BCUT2D eigenvalue weighted by Gasteiger charge is -2.32. The Labute approximate surface area is 201 Å². The molecular formula is C26H25NO8. The molecule has 0 fully saturated rings. The number of ether oxygens (including phenoxy) is 2. The molecule has 9 nitrogen and oxygen atoms in total. The first kappa shape index (κ1) is 25.3. The van der Waals surface area contributed by atoms with E-state index in [1.54, 1.807) is 42.3 Å². The van der Waals surface area contributed by atoms with E-state index in [4.69, 9.17) is 19.7 Å². The summed E-state index contributed by atoms with van der Waals surface area (Å²) in [5, 5.41) is 27.7. The van der Waals surface area contributed by atoms with Gasteiger partial charge in [-0.15, -0.1) is 0 Å². The lowest BCUT2D eigenvalue weighted by atomic mass is 9.92. The summed E-state index contributed by atoms with van der Waals surface area (Å²) in [6.07, 6.45) is -1.43. The number of hydrogen-bond donors (Lipinski definition) is 3. The maximum absolute atomic E-state index is 11.8. The topological polar surface area (TPSA) is 134 Å². The molecule has 9 heteroatoms. The molecule has 3 aromatic rings. The predicted molar refractivity (Wildman–Crippen MR) is 126 cm³/mol. The number of nitrogens with zero attached hydrogens (tertiary/aromatic N) is 1. The van der Waals surface area contributed by atoms with Gasteiger partial charge in [0.1, 0.15) is 11.5 Å². The largest absolute Gasteiger partial charge is 0.511 e. The zero-order valence-corrected chi connectivity index (χ0v) is 19.2. The number of carbonyl (C=O) groups is 3. The van der Waals surface area contributed by atoms with Crippen LogP contribution in [0.3, 0.4) is 0 Å². The molecule has 0 heterocycles. The van der Waals surface area contributed by atoms with Gasteiger partial charge in [0.15, 0.2) is 0 Å². The number of aryl methyl sites for hydroxylation is 1. The van der Waals surface area contributed by atoms with E-state index in [0.29, 0.717) is 5.75 Å². The van der Waals surface area contributed by atoms with Gasteiger partial charge < -0.3 is 24.8 Å². The van der Waals surface area contributed by atoms with E-state index in [-0.39, 0.29) is 24.4 Å². The highest BCUT2D eigenvalue weighted by Crippen LogP contribution is 2.34. The van der Waals surface area contributed by atoms with Gasteiger partial charge in [-0.2, -0.15) is 0 Å². The molecule has 1 unspecified atom stereocenters. The van der Waals surface area contributed by atoms with Crippen molar-refractivity contribution in [3.05, 3.63) is 94.5 Å². The molecule has 182 valence electrons. The van der Waals surface area contributed by atoms with E-state index in [1.807, 2.05) is 19.1 Å². The van der Waals surface area contributed by atoms with Crippen molar-refractivity contribution in [2.45, 2.75) is 19.5 Å². The maximum atomic E-state index is 11.8. The summed E-state index contributed by atoms with van der Waals surface area (Å²) < 4.78 is 10.0. The number of carboxylic acids is 2. The van der Waals surface area contributed by atoms with E-state index in [2.05, 4.69) is 0 Å². The molecule has 0 bridgehead atoms. The van der Waals surface area contributed by atoms with E-state index >= 15 is 0 Å². The number of aromatic carboxylic acids is 1. The van der Waals surface area contributed by atoms with Crippen LogP contribution in [-0.2, 0) is 11.3 Å². The normalized spacial score (nSPS) is 11.6. The first-order chi connectivity index (χ1) is 16.7. The molecule has 0 amide bonds. The van der Waals surface area contributed by atoms with Crippen molar-refractivity contribution >= 4 is 18.1 Å². The van der Waals surface area contributed by atoms with Crippen LogP contribution in [0.5, 0.6) is 11.5 Å². The summed E-state index contributed by atoms with van der Waals surface area (Å²) in [5.41, 5.74) is 3.30. The van der Waals surface area contributed by atoms with Crippen LogP contribution in [0, 0.1) is 6.92 Å². The van der Waals surface area contributed by atoms with Gasteiger partial charge in [0.05, 0.1) is 25.3 Å². The van der Waals surface area contributed by atoms with Crippen molar-refractivity contribution in [3.63, 3.8) is 0 Å². The van der Waals surface area contributed by atoms with Crippen LogP contribution in [0.15, 0.2) is 66.7 Å². The minimum absolute atomic E-state index is 0.134. The second kappa shape index (κ2) is 11.2. The van der Waals surface area contributed by atoms with Crippen LogP contribution in [0.25, 0.3) is 0 Å². The average Bonchev–Trinajstić information content (AvgIpc) is 2.81. The van der Waals surface area contributed by atoms with Gasteiger partial charge >= 0.3 is 18.1 Å². The Balaban J connectivity index is 2.07. The average molecular weight is 479 g/mol. The molecule has 1 atom stereocenters. The molecule has 0 radical (unpaired) electrons. The SMILES string of the molecule is COc1ccc(C(c2ccc(OC(=O)O)cc2)N(CC(=O)O)Cc2ccc(C(=O)O)cc2)c(C)c1. The van der Waals surface area contributed by atoms with Crippen LogP contribution in [0.1, 0.15) is 38.7 Å². The second-order valence-electron chi connectivity index (χ2n) is 7.86. The van der Waals surface area contributed by atoms with Gasteiger partial charge in [-0.05, 0) is 65.6 Å². The predicted octanol–water partition coefficient (Wildman–Crippen LogP) is 4.43. The number of hydrogen-bond acceptors (Lipinski definition) is 6. The molecule has 0 aliphatic heterocycles. The van der Waals surface area contributed by atoms with Crippen LogP contribution < -0.4 is 9.47 Å². The zero-order valence-electron chi connectivity index (χ0n) is 19.2. The van der Waals surface area contributed by atoms with Crippen LogP contribution in [0.4, 0.5) is 4.79 Å². The molecule has 0 saturated carbocycles. The lowest BCUT2D eigenvalue weighted by molar-refractivity contribution is -0.138. The Kier molecular flexibility index (Phi) is 8.06. The maximum Gasteiger partial charge on any atom is 0.511 e. The van der Waals surface area contributed by atoms with Gasteiger partial charge in [0.25, 0.3) is 0 Å². The van der Waals surface area contributed by atoms with Gasteiger partial charge in [0.2, 0.25) is 0 Å². The molecule has 3 aromatic carbocycles.